The molecule has 1 aromatic carbocycles. The molecule has 0 aliphatic carbocycles. The van der Waals surface area contributed by atoms with Crippen molar-refractivity contribution < 1.29 is 4.79 Å². The lowest BCUT2D eigenvalue weighted by Crippen LogP contribution is -2.46. The molecule has 2 aliphatic heterocycles. The molecule has 2 amide bonds. The molecule has 26 heavy (non-hydrogen) atoms. The number of rotatable bonds is 4. The van der Waals surface area contributed by atoms with Crippen molar-refractivity contribution in [2.75, 3.05) is 32.7 Å². The van der Waals surface area contributed by atoms with Gasteiger partial charge >= 0.3 is 6.03 Å². The van der Waals surface area contributed by atoms with E-state index in [9.17, 15) is 4.79 Å². The van der Waals surface area contributed by atoms with Crippen molar-refractivity contribution in [3.05, 3.63) is 57.8 Å². The van der Waals surface area contributed by atoms with Crippen LogP contribution in [-0.4, -0.2) is 48.6 Å². The molecule has 5 heteroatoms. The van der Waals surface area contributed by atoms with Crippen LogP contribution < -0.4 is 5.32 Å². The van der Waals surface area contributed by atoms with Crippen LogP contribution in [0.4, 0.5) is 4.79 Å². The fourth-order valence-corrected chi connectivity index (χ4v) is 4.96. The minimum atomic E-state index is 0.102. The molecule has 1 saturated heterocycles. The number of fused-ring (bicyclic) bond motifs is 1. The second-order valence-corrected chi connectivity index (χ2v) is 8.30. The third kappa shape index (κ3) is 4.10. The van der Waals surface area contributed by atoms with E-state index in [1.54, 1.807) is 0 Å². The van der Waals surface area contributed by atoms with Crippen molar-refractivity contribution in [1.29, 1.82) is 0 Å². The summed E-state index contributed by atoms with van der Waals surface area (Å²) in [5.41, 5.74) is 2.88. The van der Waals surface area contributed by atoms with E-state index in [0.29, 0.717) is 5.92 Å². The van der Waals surface area contributed by atoms with E-state index >= 15 is 0 Å². The molecular weight excluding hydrogens is 342 g/mol. The van der Waals surface area contributed by atoms with E-state index in [4.69, 9.17) is 0 Å². The van der Waals surface area contributed by atoms with Crippen molar-refractivity contribution in [2.45, 2.75) is 31.7 Å². The first-order valence-electron chi connectivity index (χ1n) is 9.65. The molecule has 0 unspecified atom stereocenters. The summed E-state index contributed by atoms with van der Waals surface area (Å²) in [6, 6.07) is 13.0. The van der Waals surface area contributed by atoms with E-state index in [2.05, 4.69) is 52.0 Å². The van der Waals surface area contributed by atoms with Gasteiger partial charge in [-0.15, -0.1) is 11.3 Å². The summed E-state index contributed by atoms with van der Waals surface area (Å²) < 4.78 is 0. The molecule has 1 fully saturated rings. The summed E-state index contributed by atoms with van der Waals surface area (Å²) in [6.07, 6.45) is 3.27. The molecule has 1 N–H and O–H groups in total. The topological polar surface area (TPSA) is 35.6 Å². The number of hydrogen-bond donors (Lipinski definition) is 1. The first kappa shape index (κ1) is 17.6. The standard InChI is InChI=1S/C21H27N3OS/c25-21(22-10-14-23-11-8-20-19(16-23)9-15-26-20)24-12-6-18(7-13-24)17-4-2-1-3-5-17/h1-5,9,15,18H,6-8,10-14,16H2,(H,22,25). The maximum Gasteiger partial charge on any atom is 0.317 e. The molecule has 4 nitrogen and oxygen atoms in total. The van der Waals surface area contributed by atoms with Gasteiger partial charge in [0.05, 0.1) is 0 Å². The second kappa shape index (κ2) is 8.23. The Labute approximate surface area is 159 Å². The molecule has 2 aromatic rings. The van der Waals surface area contributed by atoms with Gasteiger partial charge in [-0.1, -0.05) is 30.3 Å². The van der Waals surface area contributed by atoms with Gasteiger partial charge in [-0.2, -0.15) is 0 Å². The van der Waals surface area contributed by atoms with Crippen molar-refractivity contribution >= 4 is 17.4 Å². The predicted octanol–water partition coefficient (Wildman–Crippen LogP) is 3.70. The average molecular weight is 370 g/mol. The van der Waals surface area contributed by atoms with E-state index < -0.39 is 0 Å². The smallest absolute Gasteiger partial charge is 0.317 e. The van der Waals surface area contributed by atoms with E-state index in [1.165, 1.54) is 16.0 Å². The van der Waals surface area contributed by atoms with Gasteiger partial charge in [0.2, 0.25) is 0 Å². The van der Waals surface area contributed by atoms with Gasteiger partial charge in [0.15, 0.2) is 0 Å². The Morgan fingerprint density at radius 1 is 1.12 bits per heavy atom. The van der Waals surface area contributed by atoms with E-state index in [0.717, 1.165) is 58.5 Å². The van der Waals surface area contributed by atoms with Crippen LogP contribution in [0.15, 0.2) is 41.8 Å². The highest BCUT2D eigenvalue weighted by molar-refractivity contribution is 7.10. The Morgan fingerprint density at radius 3 is 2.73 bits per heavy atom. The zero-order chi connectivity index (χ0) is 17.8. The molecule has 2 aliphatic rings. The number of likely N-dealkylation sites (tertiary alicyclic amines) is 1. The lowest BCUT2D eigenvalue weighted by atomic mass is 9.90. The molecule has 1 aromatic heterocycles. The van der Waals surface area contributed by atoms with Gasteiger partial charge in [0, 0.05) is 44.1 Å². The van der Waals surface area contributed by atoms with Crippen molar-refractivity contribution in [3.8, 4) is 0 Å². The predicted molar refractivity (Wildman–Crippen MR) is 107 cm³/mol. The van der Waals surface area contributed by atoms with Crippen molar-refractivity contribution in [1.82, 2.24) is 15.1 Å². The monoisotopic (exact) mass is 369 g/mol. The first-order chi connectivity index (χ1) is 12.8. The van der Waals surface area contributed by atoms with Crippen LogP contribution in [-0.2, 0) is 13.0 Å². The summed E-state index contributed by atoms with van der Waals surface area (Å²) >= 11 is 1.87. The Bertz CT molecular complexity index is 722. The number of urea groups is 1. The Hall–Kier alpha value is -1.85. The first-order valence-corrected chi connectivity index (χ1v) is 10.5. The minimum Gasteiger partial charge on any atom is -0.337 e. The largest absolute Gasteiger partial charge is 0.337 e. The van der Waals surface area contributed by atoms with Crippen LogP contribution in [0.3, 0.4) is 0 Å². The Balaban J connectivity index is 1.18. The summed E-state index contributed by atoms with van der Waals surface area (Å²) in [5, 5.41) is 5.31. The zero-order valence-electron chi connectivity index (χ0n) is 15.2. The van der Waals surface area contributed by atoms with Gasteiger partial charge in [-0.05, 0) is 47.8 Å². The SMILES string of the molecule is O=C(NCCN1CCc2sccc2C1)N1CCC(c2ccccc2)CC1. The van der Waals surface area contributed by atoms with Crippen LogP contribution >= 0.6 is 11.3 Å². The number of carbonyl (C=O) groups is 1. The summed E-state index contributed by atoms with van der Waals surface area (Å²) in [5.74, 6) is 0.591. The van der Waals surface area contributed by atoms with Crippen molar-refractivity contribution in [2.24, 2.45) is 0 Å². The fraction of sp³-hybridized carbons (Fsp3) is 0.476. The highest BCUT2D eigenvalue weighted by Crippen LogP contribution is 2.27. The summed E-state index contributed by atoms with van der Waals surface area (Å²) in [6.45, 7) is 5.50. The highest BCUT2D eigenvalue weighted by Gasteiger charge is 2.24. The maximum atomic E-state index is 12.4. The molecule has 138 valence electrons. The molecule has 0 spiro atoms. The van der Waals surface area contributed by atoms with E-state index in [-0.39, 0.29) is 6.03 Å². The Morgan fingerprint density at radius 2 is 1.92 bits per heavy atom. The van der Waals surface area contributed by atoms with Crippen LogP contribution in [0.2, 0.25) is 0 Å². The van der Waals surface area contributed by atoms with Gasteiger partial charge in [-0.3, -0.25) is 4.90 Å². The maximum absolute atomic E-state index is 12.4. The van der Waals surface area contributed by atoms with Crippen molar-refractivity contribution in [3.63, 3.8) is 0 Å². The molecular formula is C21H27N3OS. The number of benzene rings is 1. The number of piperidine rings is 1. The lowest BCUT2D eigenvalue weighted by Gasteiger charge is -2.32. The summed E-state index contributed by atoms with van der Waals surface area (Å²) in [7, 11) is 0. The second-order valence-electron chi connectivity index (χ2n) is 7.30. The molecule has 4 rings (SSSR count). The molecule has 0 radical (unpaired) electrons. The zero-order valence-corrected chi connectivity index (χ0v) is 16.0. The third-order valence-corrected chi connectivity index (χ3v) is 6.67. The number of thiophene rings is 1. The molecule has 0 saturated carbocycles. The number of carbonyl (C=O) groups excluding carboxylic acids is 1. The van der Waals surface area contributed by atoms with E-state index in [1.807, 2.05) is 16.2 Å². The highest BCUT2D eigenvalue weighted by atomic mass is 32.1. The lowest BCUT2D eigenvalue weighted by molar-refractivity contribution is 0.178. The number of hydrogen-bond acceptors (Lipinski definition) is 3. The van der Waals surface area contributed by atoms with Gasteiger partial charge < -0.3 is 10.2 Å². The average Bonchev–Trinajstić information content (AvgIpc) is 3.16. The minimum absolute atomic E-state index is 0.102. The number of nitrogens with zero attached hydrogens (tertiary/aromatic N) is 2. The Kier molecular flexibility index (Phi) is 5.56. The third-order valence-electron chi connectivity index (χ3n) is 5.64. The molecule has 0 bridgehead atoms. The van der Waals surface area contributed by atoms with Crippen LogP contribution in [0, 0.1) is 0 Å². The molecule has 3 heterocycles. The summed E-state index contributed by atoms with van der Waals surface area (Å²) in [4.78, 5) is 18.4. The number of amides is 2. The van der Waals surface area contributed by atoms with Crippen LogP contribution in [0.25, 0.3) is 0 Å². The quantitative estimate of drug-likeness (QED) is 0.892. The van der Waals surface area contributed by atoms with Gasteiger partial charge in [0.25, 0.3) is 0 Å². The normalized spacial score (nSPS) is 18.5. The van der Waals surface area contributed by atoms with Gasteiger partial charge in [-0.25, -0.2) is 4.79 Å². The fourth-order valence-electron chi connectivity index (χ4n) is 4.07. The van der Waals surface area contributed by atoms with Gasteiger partial charge in [0.1, 0.15) is 0 Å². The van der Waals surface area contributed by atoms with Crippen LogP contribution in [0.1, 0.15) is 34.8 Å². The number of nitrogens with one attached hydrogen (secondary N) is 1. The molecule has 0 atom stereocenters. The van der Waals surface area contributed by atoms with Crippen LogP contribution in [0.5, 0.6) is 0 Å².